The number of aromatic nitrogens is 3. The van der Waals surface area contributed by atoms with Gasteiger partial charge in [-0.1, -0.05) is 6.42 Å². The van der Waals surface area contributed by atoms with Gasteiger partial charge >= 0.3 is 6.03 Å². The predicted octanol–water partition coefficient (Wildman–Crippen LogP) is 1.21. The number of rotatable bonds is 3. The second-order valence-corrected chi connectivity index (χ2v) is 6.63. The van der Waals surface area contributed by atoms with Crippen LogP contribution in [0, 0.1) is 11.8 Å². The molecule has 2 fully saturated rings. The first kappa shape index (κ1) is 13.1. The molecule has 6 heteroatoms. The van der Waals surface area contributed by atoms with Crippen LogP contribution in [0.4, 0.5) is 4.79 Å². The van der Waals surface area contributed by atoms with Crippen molar-refractivity contribution in [2.75, 3.05) is 19.6 Å². The van der Waals surface area contributed by atoms with Gasteiger partial charge in [-0.15, -0.1) is 10.2 Å². The summed E-state index contributed by atoms with van der Waals surface area (Å²) in [6.07, 6.45) is 6.94. The van der Waals surface area contributed by atoms with Crippen molar-refractivity contribution in [2.24, 2.45) is 11.8 Å². The largest absolute Gasteiger partial charge is 0.338 e. The van der Waals surface area contributed by atoms with E-state index < -0.39 is 0 Å². The van der Waals surface area contributed by atoms with Crippen molar-refractivity contribution in [2.45, 2.75) is 45.1 Å². The van der Waals surface area contributed by atoms with E-state index in [2.05, 4.69) is 20.1 Å². The molecule has 2 amide bonds. The molecule has 1 N–H and O–H groups in total. The van der Waals surface area contributed by atoms with E-state index in [-0.39, 0.29) is 6.03 Å². The molecule has 6 nitrogen and oxygen atoms in total. The number of carbonyl (C=O) groups is 1. The summed E-state index contributed by atoms with van der Waals surface area (Å²) >= 11 is 0. The van der Waals surface area contributed by atoms with Gasteiger partial charge in [0.25, 0.3) is 0 Å². The Bertz CT molecular complexity index is 528. The van der Waals surface area contributed by atoms with Crippen LogP contribution >= 0.6 is 0 Å². The molecule has 2 unspecified atom stereocenters. The lowest BCUT2D eigenvalue weighted by molar-refractivity contribution is 0.205. The Balaban J connectivity index is 1.26. The van der Waals surface area contributed by atoms with Gasteiger partial charge in [0.2, 0.25) is 0 Å². The van der Waals surface area contributed by atoms with E-state index in [0.29, 0.717) is 6.54 Å². The first-order valence-corrected chi connectivity index (χ1v) is 8.25. The van der Waals surface area contributed by atoms with Gasteiger partial charge in [-0.05, 0) is 31.1 Å². The molecule has 21 heavy (non-hydrogen) atoms. The molecule has 0 bridgehead atoms. The first-order valence-electron chi connectivity index (χ1n) is 8.25. The fourth-order valence-corrected chi connectivity index (χ4v) is 4.19. The van der Waals surface area contributed by atoms with Crippen LogP contribution in [0.2, 0.25) is 0 Å². The molecule has 0 radical (unpaired) electrons. The molecule has 4 rings (SSSR count). The predicted molar refractivity (Wildman–Crippen MR) is 77.8 cm³/mol. The summed E-state index contributed by atoms with van der Waals surface area (Å²) in [4.78, 5) is 14.2. The third-order valence-electron chi connectivity index (χ3n) is 5.32. The van der Waals surface area contributed by atoms with E-state index in [4.69, 9.17) is 0 Å². The molecule has 0 spiro atoms. The van der Waals surface area contributed by atoms with Crippen LogP contribution in [0.1, 0.15) is 37.3 Å². The molecule has 2 aliphatic heterocycles. The third-order valence-corrected chi connectivity index (χ3v) is 5.32. The SMILES string of the molecule is O=C(NCCc1nnc2n1CCC2)N1CC2CCCC2C1. The number of nitrogens with zero attached hydrogens (tertiary/aromatic N) is 4. The maximum Gasteiger partial charge on any atom is 0.317 e. The van der Waals surface area contributed by atoms with E-state index in [9.17, 15) is 4.79 Å². The van der Waals surface area contributed by atoms with Crippen molar-refractivity contribution in [1.29, 1.82) is 0 Å². The highest BCUT2D eigenvalue weighted by Crippen LogP contribution is 2.37. The number of fused-ring (bicyclic) bond motifs is 2. The summed E-state index contributed by atoms with van der Waals surface area (Å²) in [5.74, 6) is 3.64. The summed E-state index contributed by atoms with van der Waals surface area (Å²) in [6.45, 7) is 3.59. The van der Waals surface area contributed by atoms with Crippen LogP contribution in [0.25, 0.3) is 0 Å². The normalized spacial score (nSPS) is 27.0. The second kappa shape index (κ2) is 5.31. The maximum atomic E-state index is 12.2. The number of nitrogens with one attached hydrogen (secondary N) is 1. The molecular weight excluding hydrogens is 266 g/mol. The van der Waals surface area contributed by atoms with Crippen molar-refractivity contribution in [1.82, 2.24) is 25.0 Å². The number of amides is 2. The first-order chi connectivity index (χ1) is 10.3. The fourth-order valence-electron chi connectivity index (χ4n) is 4.19. The van der Waals surface area contributed by atoms with Crippen molar-refractivity contribution >= 4 is 6.03 Å². The second-order valence-electron chi connectivity index (χ2n) is 6.63. The van der Waals surface area contributed by atoms with Crippen molar-refractivity contribution in [3.05, 3.63) is 11.6 Å². The van der Waals surface area contributed by atoms with Gasteiger partial charge in [-0.3, -0.25) is 0 Å². The molecule has 1 aromatic heterocycles. The number of aryl methyl sites for hydroxylation is 1. The van der Waals surface area contributed by atoms with Gasteiger partial charge in [0.1, 0.15) is 11.6 Å². The number of likely N-dealkylation sites (tertiary alicyclic amines) is 1. The lowest BCUT2D eigenvalue weighted by Crippen LogP contribution is -2.40. The third kappa shape index (κ3) is 2.40. The zero-order valence-corrected chi connectivity index (χ0v) is 12.4. The van der Waals surface area contributed by atoms with Gasteiger partial charge in [-0.2, -0.15) is 0 Å². The summed E-state index contributed by atoms with van der Waals surface area (Å²) in [6, 6.07) is 0.102. The van der Waals surface area contributed by atoms with E-state index in [1.807, 2.05) is 4.90 Å². The van der Waals surface area contributed by atoms with Crippen molar-refractivity contribution in [3.8, 4) is 0 Å². The molecule has 3 aliphatic rings. The summed E-state index contributed by atoms with van der Waals surface area (Å²) in [5.41, 5.74) is 0. The molecule has 114 valence electrons. The van der Waals surface area contributed by atoms with Gasteiger partial charge in [0.05, 0.1) is 0 Å². The molecule has 2 atom stereocenters. The number of urea groups is 1. The van der Waals surface area contributed by atoms with Gasteiger partial charge in [0.15, 0.2) is 0 Å². The maximum absolute atomic E-state index is 12.2. The molecule has 1 saturated heterocycles. The lowest BCUT2D eigenvalue weighted by atomic mass is 10.0. The Hall–Kier alpha value is -1.59. The molecule has 3 heterocycles. The van der Waals surface area contributed by atoms with Gasteiger partial charge < -0.3 is 14.8 Å². The zero-order valence-electron chi connectivity index (χ0n) is 12.4. The van der Waals surface area contributed by atoms with Crippen LogP contribution in [0.15, 0.2) is 0 Å². The van der Waals surface area contributed by atoms with E-state index in [0.717, 1.165) is 56.0 Å². The average molecular weight is 289 g/mol. The lowest BCUT2D eigenvalue weighted by Gasteiger charge is -2.18. The Kier molecular flexibility index (Phi) is 3.31. The van der Waals surface area contributed by atoms with Crippen LogP contribution in [-0.2, 0) is 19.4 Å². The van der Waals surface area contributed by atoms with Gasteiger partial charge in [-0.25, -0.2) is 4.79 Å². The van der Waals surface area contributed by atoms with E-state index in [1.165, 1.54) is 25.7 Å². The summed E-state index contributed by atoms with van der Waals surface area (Å²) < 4.78 is 2.20. The number of hydrogen-bond acceptors (Lipinski definition) is 3. The Morgan fingerprint density at radius 2 is 2.00 bits per heavy atom. The van der Waals surface area contributed by atoms with Gasteiger partial charge in [0, 0.05) is 39.0 Å². The summed E-state index contributed by atoms with van der Waals surface area (Å²) in [7, 11) is 0. The number of carbonyl (C=O) groups excluding carboxylic acids is 1. The smallest absolute Gasteiger partial charge is 0.317 e. The Morgan fingerprint density at radius 3 is 2.81 bits per heavy atom. The highest BCUT2D eigenvalue weighted by molar-refractivity contribution is 5.74. The quantitative estimate of drug-likeness (QED) is 0.909. The monoisotopic (exact) mass is 289 g/mol. The van der Waals surface area contributed by atoms with Crippen LogP contribution in [0.3, 0.4) is 0 Å². The zero-order chi connectivity index (χ0) is 14.2. The van der Waals surface area contributed by atoms with Crippen molar-refractivity contribution < 1.29 is 4.79 Å². The minimum absolute atomic E-state index is 0.102. The van der Waals surface area contributed by atoms with Crippen molar-refractivity contribution in [3.63, 3.8) is 0 Å². The number of hydrogen-bond donors (Lipinski definition) is 1. The highest BCUT2D eigenvalue weighted by Gasteiger charge is 2.37. The molecule has 0 aromatic carbocycles. The molecule has 1 aliphatic carbocycles. The molecule has 1 aromatic rings. The minimum Gasteiger partial charge on any atom is -0.338 e. The average Bonchev–Trinajstić information content (AvgIpc) is 3.19. The summed E-state index contributed by atoms with van der Waals surface area (Å²) in [5, 5.41) is 11.5. The van der Waals surface area contributed by atoms with Crippen LogP contribution < -0.4 is 5.32 Å². The van der Waals surface area contributed by atoms with E-state index >= 15 is 0 Å². The molecule has 1 saturated carbocycles. The van der Waals surface area contributed by atoms with Crippen LogP contribution in [-0.4, -0.2) is 45.3 Å². The standard InChI is InChI=1S/C15H23N5O/c21-15(19-9-11-3-1-4-12(11)10-19)16-7-6-14-18-17-13-5-2-8-20(13)14/h11-12H,1-10H2,(H,16,21). The highest BCUT2D eigenvalue weighted by atomic mass is 16.2. The van der Waals surface area contributed by atoms with E-state index in [1.54, 1.807) is 0 Å². The fraction of sp³-hybridized carbons (Fsp3) is 0.800. The minimum atomic E-state index is 0.102. The molecular formula is C15H23N5O. The Morgan fingerprint density at radius 1 is 1.19 bits per heavy atom. The topological polar surface area (TPSA) is 63.1 Å². The Labute approximate surface area is 124 Å². The van der Waals surface area contributed by atoms with Crippen LogP contribution in [0.5, 0.6) is 0 Å².